The predicted molar refractivity (Wildman–Crippen MR) is 66.0 cm³/mol. The van der Waals surface area contributed by atoms with E-state index in [9.17, 15) is 0 Å². The molecule has 0 spiro atoms. The van der Waals surface area contributed by atoms with Gasteiger partial charge in [0.05, 0.1) is 10.6 Å². The van der Waals surface area contributed by atoms with E-state index in [1.165, 1.54) is 11.9 Å². The van der Waals surface area contributed by atoms with Crippen LogP contribution in [-0.4, -0.2) is 12.0 Å². The smallest absolute Gasteiger partial charge is 0.208 e. The van der Waals surface area contributed by atoms with E-state index in [4.69, 9.17) is 5.73 Å². The number of anilines is 2. The Labute approximate surface area is 93.5 Å². The van der Waals surface area contributed by atoms with Gasteiger partial charge in [-0.25, -0.2) is 0 Å². The van der Waals surface area contributed by atoms with E-state index in [0.29, 0.717) is 6.04 Å². The van der Waals surface area contributed by atoms with Crippen LogP contribution < -0.4 is 16.4 Å². The minimum Gasteiger partial charge on any atom is -0.399 e. The van der Waals surface area contributed by atoms with Gasteiger partial charge in [0.15, 0.2) is 0 Å². The molecule has 1 aliphatic heterocycles. The highest BCUT2D eigenvalue weighted by molar-refractivity contribution is 7.98. The summed E-state index contributed by atoms with van der Waals surface area (Å²) in [5, 5.41) is 6.44. The van der Waals surface area contributed by atoms with Gasteiger partial charge in [0.2, 0.25) is 5.96 Å². The molecule has 0 unspecified atom stereocenters. The molecule has 1 aliphatic rings. The van der Waals surface area contributed by atoms with Crippen LogP contribution >= 0.6 is 11.9 Å². The number of hydrogen-bond donors (Lipinski definition) is 3. The second-order valence-electron chi connectivity index (χ2n) is 3.71. The Morgan fingerprint density at radius 3 is 3.00 bits per heavy atom. The summed E-state index contributed by atoms with van der Waals surface area (Å²) in [6, 6.07) is 6.13. The number of benzene rings is 1. The number of nitrogens with zero attached hydrogens (tertiary/aromatic N) is 1. The highest BCUT2D eigenvalue weighted by Crippen LogP contribution is 2.32. The maximum absolute atomic E-state index is 5.69. The van der Waals surface area contributed by atoms with E-state index >= 15 is 0 Å². The summed E-state index contributed by atoms with van der Waals surface area (Å²) in [5.74, 6) is 0.798. The molecule has 0 amide bonds. The van der Waals surface area contributed by atoms with Crippen molar-refractivity contribution in [3.8, 4) is 0 Å². The Kier molecular flexibility index (Phi) is 2.73. The number of guanidine groups is 1. The number of hydrogen-bond acceptors (Lipinski definition) is 5. The summed E-state index contributed by atoms with van der Waals surface area (Å²) in [4.78, 5) is 1.06. The number of fused-ring (bicyclic) bond motifs is 1. The molecule has 0 aromatic heterocycles. The molecule has 4 nitrogen and oxygen atoms in total. The zero-order valence-electron chi connectivity index (χ0n) is 8.74. The van der Waals surface area contributed by atoms with Crippen LogP contribution in [-0.2, 0) is 0 Å². The van der Waals surface area contributed by atoms with Gasteiger partial charge < -0.3 is 16.4 Å². The molecule has 15 heavy (non-hydrogen) atoms. The molecule has 0 radical (unpaired) electrons. The van der Waals surface area contributed by atoms with E-state index in [0.717, 1.165) is 22.2 Å². The molecule has 0 saturated heterocycles. The zero-order chi connectivity index (χ0) is 10.8. The van der Waals surface area contributed by atoms with E-state index in [1.54, 1.807) is 0 Å². The van der Waals surface area contributed by atoms with Crippen molar-refractivity contribution < 1.29 is 0 Å². The molecule has 0 saturated carbocycles. The van der Waals surface area contributed by atoms with E-state index in [2.05, 4.69) is 28.9 Å². The fourth-order valence-electron chi connectivity index (χ4n) is 1.30. The van der Waals surface area contributed by atoms with Gasteiger partial charge in [-0.3, -0.25) is 0 Å². The monoisotopic (exact) mass is 222 g/mol. The third-order valence-corrected chi connectivity index (χ3v) is 2.73. The minimum absolute atomic E-state index is 0.368. The summed E-state index contributed by atoms with van der Waals surface area (Å²) in [6.07, 6.45) is 0. The normalized spacial score (nSPS) is 14.2. The molecule has 0 bridgehead atoms. The van der Waals surface area contributed by atoms with Gasteiger partial charge in [-0.1, -0.05) is 0 Å². The topological polar surface area (TPSA) is 62.4 Å². The van der Waals surface area contributed by atoms with Crippen LogP contribution in [0.5, 0.6) is 0 Å². The second kappa shape index (κ2) is 4.02. The van der Waals surface area contributed by atoms with Crippen LogP contribution in [0.1, 0.15) is 13.8 Å². The summed E-state index contributed by atoms with van der Waals surface area (Å²) in [6.45, 7) is 4.15. The van der Waals surface area contributed by atoms with E-state index in [-0.39, 0.29) is 0 Å². The molecule has 0 atom stereocenters. The Morgan fingerprint density at radius 1 is 1.47 bits per heavy atom. The highest BCUT2D eigenvalue weighted by atomic mass is 32.2. The first kappa shape index (κ1) is 10.2. The van der Waals surface area contributed by atoms with Crippen LogP contribution in [0.3, 0.4) is 0 Å². The maximum Gasteiger partial charge on any atom is 0.208 e. The Balaban J connectivity index is 2.16. The first-order chi connectivity index (χ1) is 7.15. The zero-order valence-corrected chi connectivity index (χ0v) is 9.56. The first-order valence-corrected chi connectivity index (χ1v) is 5.60. The summed E-state index contributed by atoms with van der Waals surface area (Å²) in [7, 11) is 0. The fraction of sp³-hybridized carbons (Fsp3) is 0.300. The molecule has 80 valence electrons. The average molecular weight is 222 g/mol. The molecule has 5 heteroatoms. The molecule has 0 fully saturated rings. The highest BCUT2D eigenvalue weighted by Gasteiger charge is 2.12. The van der Waals surface area contributed by atoms with Crippen LogP contribution in [0.2, 0.25) is 0 Å². The van der Waals surface area contributed by atoms with Crippen molar-refractivity contribution in [1.29, 1.82) is 0 Å². The lowest BCUT2D eigenvalue weighted by atomic mass is 10.3. The number of nitrogens with two attached hydrogens (primary N) is 1. The Bertz CT molecular complexity index is 400. The van der Waals surface area contributed by atoms with Gasteiger partial charge >= 0.3 is 0 Å². The fourth-order valence-corrected chi connectivity index (χ4v) is 1.99. The third kappa shape index (κ3) is 2.36. The number of nitrogens with one attached hydrogen (secondary N) is 2. The number of nitrogen functional groups attached to an aromatic ring is 1. The lowest BCUT2D eigenvalue weighted by molar-refractivity contribution is 0.732. The SMILES string of the molecule is CC(C)NC1=NSc2cc(N)ccc2N1. The average Bonchev–Trinajstić information content (AvgIpc) is 2.17. The quantitative estimate of drug-likeness (QED) is 0.503. The first-order valence-electron chi connectivity index (χ1n) is 4.83. The van der Waals surface area contributed by atoms with Gasteiger partial charge in [-0.15, -0.1) is 0 Å². The van der Waals surface area contributed by atoms with E-state index < -0.39 is 0 Å². The summed E-state index contributed by atoms with van der Waals surface area (Å²) in [5.41, 5.74) is 7.50. The molecule has 2 rings (SSSR count). The molecule has 0 aliphatic carbocycles. The molecule has 1 heterocycles. The second-order valence-corrected chi connectivity index (χ2v) is 4.52. The largest absolute Gasteiger partial charge is 0.399 e. The Hall–Kier alpha value is -1.36. The lowest BCUT2D eigenvalue weighted by Gasteiger charge is -2.20. The van der Waals surface area contributed by atoms with Crippen molar-refractivity contribution in [2.24, 2.45) is 4.40 Å². The van der Waals surface area contributed by atoms with Crippen LogP contribution in [0, 0.1) is 0 Å². The Morgan fingerprint density at radius 2 is 2.27 bits per heavy atom. The minimum atomic E-state index is 0.368. The van der Waals surface area contributed by atoms with Crippen molar-refractivity contribution in [1.82, 2.24) is 5.32 Å². The van der Waals surface area contributed by atoms with Crippen molar-refractivity contribution in [2.75, 3.05) is 11.1 Å². The number of rotatable bonds is 1. The standard InChI is InChI=1S/C10H14N4S/c1-6(2)12-10-13-8-4-3-7(11)5-9(8)15-14-10/h3-6H,11H2,1-2H3,(H2,12,13,14). The third-order valence-electron chi connectivity index (χ3n) is 1.92. The van der Waals surface area contributed by atoms with Crippen molar-refractivity contribution >= 4 is 29.3 Å². The van der Waals surface area contributed by atoms with Gasteiger partial charge in [0.1, 0.15) is 0 Å². The van der Waals surface area contributed by atoms with Crippen LogP contribution in [0.4, 0.5) is 11.4 Å². The van der Waals surface area contributed by atoms with Crippen LogP contribution in [0.15, 0.2) is 27.5 Å². The molecule has 1 aromatic rings. The molecule has 4 N–H and O–H groups in total. The van der Waals surface area contributed by atoms with Gasteiger partial charge in [0, 0.05) is 23.7 Å². The summed E-state index contributed by atoms with van der Waals surface area (Å²) >= 11 is 1.44. The lowest BCUT2D eigenvalue weighted by Crippen LogP contribution is -2.36. The van der Waals surface area contributed by atoms with Crippen molar-refractivity contribution in [3.63, 3.8) is 0 Å². The van der Waals surface area contributed by atoms with Gasteiger partial charge in [-0.2, -0.15) is 4.40 Å². The molecular formula is C10H14N4S. The van der Waals surface area contributed by atoms with Crippen molar-refractivity contribution in [3.05, 3.63) is 18.2 Å². The maximum atomic E-state index is 5.69. The predicted octanol–water partition coefficient (Wildman–Crippen LogP) is 2.06. The molecule has 1 aromatic carbocycles. The van der Waals surface area contributed by atoms with Gasteiger partial charge in [0.25, 0.3) is 0 Å². The summed E-state index contributed by atoms with van der Waals surface area (Å²) < 4.78 is 4.31. The van der Waals surface area contributed by atoms with Crippen molar-refractivity contribution in [2.45, 2.75) is 24.8 Å². The van der Waals surface area contributed by atoms with Crippen LogP contribution in [0.25, 0.3) is 0 Å². The van der Waals surface area contributed by atoms with E-state index in [1.807, 2.05) is 18.2 Å². The van der Waals surface area contributed by atoms with Gasteiger partial charge in [-0.05, 0) is 32.0 Å². The molecular weight excluding hydrogens is 208 g/mol.